The average molecular weight is 447 g/mol. The standard InChI is InChI=1S/C26H38O6/c1-6-14(2)22(30)31-19-20-23(4)10-8-17(28)13-16(23)7-11-25(20)26(32-25)12-9-18(15(3)27)24(26,5)21(19)29/h14,16,18-21,29H,6-13H2,1-5H3/t14?,16?,18-,19-,20?,21+,23-,24-,25?,26?/m0/s1. The number of esters is 1. The molecule has 4 aliphatic carbocycles. The first-order valence-electron chi connectivity index (χ1n) is 12.6. The van der Waals surface area contributed by atoms with Gasteiger partial charge in [0.25, 0.3) is 0 Å². The summed E-state index contributed by atoms with van der Waals surface area (Å²) < 4.78 is 13.0. The van der Waals surface area contributed by atoms with E-state index in [4.69, 9.17) is 9.47 Å². The normalized spacial score (nSPS) is 52.2. The summed E-state index contributed by atoms with van der Waals surface area (Å²) in [5, 5.41) is 11.9. The van der Waals surface area contributed by atoms with Gasteiger partial charge in [-0.2, -0.15) is 0 Å². The smallest absolute Gasteiger partial charge is 0.309 e. The third-order valence-corrected chi connectivity index (χ3v) is 10.8. The monoisotopic (exact) mass is 446 g/mol. The maximum atomic E-state index is 13.0. The molecule has 32 heavy (non-hydrogen) atoms. The van der Waals surface area contributed by atoms with Gasteiger partial charge in [-0.25, -0.2) is 0 Å². The number of hydrogen-bond donors (Lipinski definition) is 1. The zero-order valence-electron chi connectivity index (χ0n) is 20.1. The quantitative estimate of drug-likeness (QED) is 0.524. The number of hydrogen-bond acceptors (Lipinski definition) is 6. The first-order chi connectivity index (χ1) is 15.0. The summed E-state index contributed by atoms with van der Waals surface area (Å²) in [6.45, 7) is 9.63. The van der Waals surface area contributed by atoms with Crippen molar-refractivity contribution in [1.29, 1.82) is 0 Å². The Morgan fingerprint density at radius 2 is 1.94 bits per heavy atom. The number of fused-ring (bicyclic) bond motifs is 2. The Balaban J connectivity index is 1.63. The van der Waals surface area contributed by atoms with Gasteiger partial charge >= 0.3 is 5.97 Å². The van der Waals surface area contributed by atoms with Crippen LogP contribution in [0.3, 0.4) is 0 Å². The molecule has 5 rings (SSSR count). The van der Waals surface area contributed by atoms with Gasteiger partial charge in [0.2, 0.25) is 0 Å². The van der Waals surface area contributed by atoms with Gasteiger partial charge in [-0.05, 0) is 56.8 Å². The second-order valence-electron chi connectivity index (χ2n) is 11.9. The Labute approximate surface area is 190 Å². The minimum Gasteiger partial charge on any atom is -0.459 e. The average Bonchev–Trinajstić information content (AvgIpc) is 3.29. The zero-order valence-corrected chi connectivity index (χ0v) is 20.1. The number of aliphatic hydroxyl groups is 1. The SMILES string of the molecule is CCC(C)C(=O)O[C@H]1C2C3(CCC4CC(=O)CC[C@@]42C)OC32CC[C@@H](C(C)=O)[C@@]2(C)[C@@H]1O. The highest BCUT2D eigenvalue weighted by Crippen LogP contribution is 2.81. The first-order valence-corrected chi connectivity index (χ1v) is 12.6. The number of carbonyl (C=O) groups excluding carboxylic acids is 3. The van der Waals surface area contributed by atoms with Gasteiger partial charge < -0.3 is 14.6 Å². The molecule has 0 aromatic heterocycles. The number of epoxide rings is 1. The fraction of sp³-hybridized carbons (Fsp3) is 0.885. The van der Waals surface area contributed by atoms with Crippen molar-refractivity contribution in [2.75, 3.05) is 0 Å². The molecular weight excluding hydrogens is 408 g/mol. The van der Waals surface area contributed by atoms with Crippen LogP contribution in [-0.2, 0) is 23.9 Å². The minimum atomic E-state index is -0.972. The highest BCUT2D eigenvalue weighted by atomic mass is 16.6. The van der Waals surface area contributed by atoms with E-state index in [0.717, 1.165) is 25.7 Å². The van der Waals surface area contributed by atoms with Crippen LogP contribution in [0.15, 0.2) is 0 Å². The van der Waals surface area contributed by atoms with E-state index in [-0.39, 0.29) is 40.8 Å². The van der Waals surface area contributed by atoms with Gasteiger partial charge in [-0.15, -0.1) is 0 Å². The van der Waals surface area contributed by atoms with Crippen molar-refractivity contribution in [2.24, 2.45) is 34.5 Å². The third kappa shape index (κ3) is 2.46. The molecule has 1 aliphatic heterocycles. The van der Waals surface area contributed by atoms with Crippen LogP contribution in [0.5, 0.6) is 0 Å². The molecule has 5 aliphatic rings. The molecule has 2 spiro atoms. The predicted octanol–water partition coefficient (Wildman–Crippen LogP) is 3.62. The fourth-order valence-corrected chi connectivity index (χ4v) is 8.80. The molecule has 6 heteroatoms. The van der Waals surface area contributed by atoms with Crippen LogP contribution in [0.4, 0.5) is 0 Å². The molecule has 6 nitrogen and oxygen atoms in total. The molecule has 10 atom stereocenters. The molecule has 0 aromatic rings. The second kappa shape index (κ2) is 6.88. The van der Waals surface area contributed by atoms with Crippen LogP contribution in [-0.4, -0.2) is 46.1 Å². The highest BCUT2D eigenvalue weighted by Gasteiger charge is 2.90. The Morgan fingerprint density at radius 3 is 2.59 bits per heavy atom. The van der Waals surface area contributed by atoms with E-state index < -0.39 is 28.8 Å². The first kappa shape index (κ1) is 22.5. The van der Waals surface area contributed by atoms with Gasteiger partial charge in [-0.3, -0.25) is 14.4 Å². The molecule has 1 N–H and O–H groups in total. The number of ether oxygens (including phenoxy) is 2. The summed E-state index contributed by atoms with van der Waals surface area (Å²) in [4.78, 5) is 38.0. The van der Waals surface area contributed by atoms with Crippen LogP contribution < -0.4 is 0 Å². The lowest BCUT2D eigenvalue weighted by molar-refractivity contribution is -0.213. The van der Waals surface area contributed by atoms with Crippen molar-refractivity contribution in [1.82, 2.24) is 0 Å². The highest BCUT2D eigenvalue weighted by molar-refractivity contribution is 5.81. The Bertz CT molecular complexity index is 868. The lowest BCUT2D eigenvalue weighted by atomic mass is 9.43. The minimum absolute atomic E-state index is 0.0719. The van der Waals surface area contributed by atoms with E-state index in [2.05, 4.69) is 6.92 Å². The lowest BCUT2D eigenvalue weighted by Gasteiger charge is -2.60. The van der Waals surface area contributed by atoms with Crippen LogP contribution in [0.1, 0.15) is 86.0 Å². The van der Waals surface area contributed by atoms with Crippen molar-refractivity contribution in [3.63, 3.8) is 0 Å². The third-order valence-electron chi connectivity index (χ3n) is 10.8. The van der Waals surface area contributed by atoms with Crippen LogP contribution in [0.2, 0.25) is 0 Å². The van der Waals surface area contributed by atoms with Crippen molar-refractivity contribution in [2.45, 2.75) is 109 Å². The van der Waals surface area contributed by atoms with E-state index in [0.29, 0.717) is 31.5 Å². The molecule has 0 amide bonds. The fourth-order valence-electron chi connectivity index (χ4n) is 8.80. The summed E-state index contributed by atoms with van der Waals surface area (Å²) in [7, 11) is 0. The van der Waals surface area contributed by atoms with E-state index in [1.54, 1.807) is 6.92 Å². The molecule has 0 radical (unpaired) electrons. The molecular formula is C26H38O6. The van der Waals surface area contributed by atoms with Gasteiger partial charge in [0.15, 0.2) is 0 Å². The lowest BCUT2D eigenvalue weighted by Crippen LogP contribution is -2.70. The molecule has 1 heterocycles. The zero-order chi connectivity index (χ0) is 23.3. The number of rotatable bonds is 4. The van der Waals surface area contributed by atoms with Crippen LogP contribution >= 0.6 is 0 Å². The van der Waals surface area contributed by atoms with Crippen molar-refractivity contribution in [3.05, 3.63) is 0 Å². The molecule has 4 saturated carbocycles. The Hall–Kier alpha value is -1.27. The number of ketones is 2. The summed E-state index contributed by atoms with van der Waals surface area (Å²) >= 11 is 0. The topological polar surface area (TPSA) is 93.2 Å². The molecule has 1 saturated heterocycles. The number of aliphatic hydroxyl groups excluding tert-OH is 1. The largest absolute Gasteiger partial charge is 0.459 e. The summed E-state index contributed by atoms with van der Waals surface area (Å²) in [5.41, 5.74) is -2.05. The van der Waals surface area contributed by atoms with Gasteiger partial charge in [0, 0.05) is 30.1 Å². The molecule has 0 bridgehead atoms. The summed E-state index contributed by atoms with van der Waals surface area (Å²) in [6.07, 6.45) is 3.96. The van der Waals surface area contributed by atoms with Crippen molar-refractivity contribution >= 4 is 17.5 Å². The molecule has 178 valence electrons. The van der Waals surface area contributed by atoms with E-state index in [9.17, 15) is 19.5 Å². The maximum Gasteiger partial charge on any atom is 0.309 e. The maximum absolute atomic E-state index is 13.0. The number of Topliss-reactive ketones (excluding diaryl/α,β-unsaturated/α-hetero) is 2. The van der Waals surface area contributed by atoms with E-state index in [1.165, 1.54) is 0 Å². The predicted molar refractivity (Wildman–Crippen MR) is 117 cm³/mol. The van der Waals surface area contributed by atoms with Gasteiger partial charge in [0.1, 0.15) is 35.0 Å². The Kier molecular flexibility index (Phi) is 4.84. The van der Waals surface area contributed by atoms with Crippen molar-refractivity contribution in [3.8, 4) is 0 Å². The second-order valence-corrected chi connectivity index (χ2v) is 11.9. The summed E-state index contributed by atoms with van der Waals surface area (Å²) in [5.74, 6) is -0.426. The Morgan fingerprint density at radius 1 is 1.22 bits per heavy atom. The summed E-state index contributed by atoms with van der Waals surface area (Å²) in [6, 6.07) is 0. The van der Waals surface area contributed by atoms with Crippen LogP contribution in [0.25, 0.3) is 0 Å². The number of carbonyl (C=O) groups is 3. The van der Waals surface area contributed by atoms with Gasteiger partial charge in [0.05, 0.1) is 5.92 Å². The van der Waals surface area contributed by atoms with Crippen molar-refractivity contribution < 1.29 is 29.0 Å². The molecule has 5 unspecified atom stereocenters. The molecule has 0 aromatic carbocycles. The van der Waals surface area contributed by atoms with E-state index in [1.807, 2.05) is 20.8 Å². The van der Waals surface area contributed by atoms with Crippen LogP contribution in [0, 0.1) is 34.5 Å². The van der Waals surface area contributed by atoms with E-state index >= 15 is 0 Å². The van der Waals surface area contributed by atoms with Gasteiger partial charge in [-0.1, -0.05) is 27.7 Å². The molecule has 5 fully saturated rings.